The number of para-hydroxylation sites is 1. The highest BCUT2D eigenvalue weighted by Crippen LogP contribution is 2.27. The van der Waals surface area contributed by atoms with Crippen LogP contribution < -0.4 is 9.64 Å². The van der Waals surface area contributed by atoms with Crippen LogP contribution in [0.5, 0.6) is 5.75 Å². The van der Waals surface area contributed by atoms with E-state index in [4.69, 9.17) is 4.74 Å². The molecular formula is C29H38N4O2. The molecule has 2 fully saturated rings. The second-order valence-corrected chi connectivity index (χ2v) is 10.0. The van der Waals surface area contributed by atoms with Crippen molar-refractivity contribution in [1.29, 1.82) is 0 Å². The van der Waals surface area contributed by atoms with E-state index < -0.39 is 0 Å². The Labute approximate surface area is 209 Å². The highest BCUT2D eigenvalue weighted by atomic mass is 16.5. The van der Waals surface area contributed by atoms with Gasteiger partial charge >= 0.3 is 0 Å². The lowest BCUT2D eigenvalue weighted by Crippen LogP contribution is -2.48. The van der Waals surface area contributed by atoms with Gasteiger partial charge < -0.3 is 24.0 Å². The number of ether oxygens (including phenoxy) is 1. The van der Waals surface area contributed by atoms with Gasteiger partial charge in [-0.2, -0.15) is 0 Å². The largest absolute Gasteiger partial charge is 0.494 e. The van der Waals surface area contributed by atoms with Gasteiger partial charge in [-0.25, -0.2) is 0 Å². The monoisotopic (exact) mass is 474 g/mol. The molecule has 2 aromatic carbocycles. The topological polar surface area (TPSA) is 41.0 Å². The second-order valence-electron chi connectivity index (χ2n) is 10.0. The lowest BCUT2D eigenvalue weighted by atomic mass is 10.1. The number of aryl methyl sites for hydroxylation is 1. The molecule has 35 heavy (non-hydrogen) atoms. The number of carbonyl (C=O) groups is 1. The maximum Gasteiger partial charge on any atom is 0.256 e. The lowest BCUT2D eigenvalue weighted by molar-refractivity contribution is 0.0748. The molecule has 0 aliphatic carbocycles. The maximum absolute atomic E-state index is 13.4. The van der Waals surface area contributed by atoms with Gasteiger partial charge in [0.2, 0.25) is 0 Å². The van der Waals surface area contributed by atoms with Crippen LogP contribution in [0.1, 0.15) is 42.2 Å². The number of hydrogen-bond acceptors (Lipinski definition) is 4. The summed E-state index contributed by atoms with van der Waals surface area (Å²) in [6.45, 7) is 10.6. The molecule has 1 atom stereocenters. The maximum atomic E-state index is 13.4. The Kier molecular flexibility index (Phi) is 7.00. The summed E-state index contributed by atoms with van der Waals surface area (Å²) >= 11 is 0. The Balaban J connectivity index is 1.13. The SMILES string of the molecule is Cc1c(C(=O)N2CCN(c3ccc(OCCCN4CCCC4C)cc3)CC2)c2ccccc2n1C. The first-order chi connectivity index (χ1) is 17.0. The van der Waals surface area contributed by atoms with Crippen LogP contribution in [0.2, 0.25) is 0 Å². The Morgan fingerprint density at radius 1 is 1.00 bits per heavy atom. The van der Waals surface area contributed by atoms with Crippen LogP contribution in [0.3, 0.4) is 0 Å². The van der Waals surface area contributed by atoms with Gasteiger partial charge in [-0.3, -0.25) is 4.79 Å². The van der Waals surface area contributed by atoms with Crippen LogP contribution in [0.25, 0.3) is 10.9 Å². The Morgan fingerprint density at radius 2 is 1.74 bits per heavy atom. The quantitative estimate of drug-likeness (QED) is 0.466. The number of piperazine rings is 1. The first-order valence-electron chi connectivity index (χ1n) is 13.1. The molecule has 0 saturated carbocycles. The van der Waals surface area contributed by atoms with Crippen LogP contribution in [-0.2, 0) is 7.05 Å². The van der Waals surface area contributed by atoms with E-state index in [1.807, 2.05) is 31.0 Å². The number of nitrogens with zero attached hydrogens (tertiary/aromatic N) is 4. The summed E-state index contributed by atoms with van der Waals surface area (Å²) in [5.41, 5.74) is 4.18. The van der Waals surface area contributed by atoms with E-state index >= 15 is 0 Å². The molecule has 2 aliphatic rings. The van der Waals surface area contributed by atoms with Gasteiger partial charge in [-0.1, -0.05) is 18.2 Å². The molecule has 5 rings (SSSR count). The van der Waals surface area contributed by atoms with Crippen molar-refractivity contribution in [3.05, 3.63) is 59.8 Å². The molecular weight excluding hydrogens is 436 g/mol. The number of anilines is 1. The summed E-state index contributed by atoms with van der Waals surface area (Å²) in [5, 5.41) is 1.05. The minimum Gasteiger partial charge on any atom is -0.494 e. The van der Waals surface area contributed by atoms with Crippen LogP contribution >= 0.6 is 0 Å². The summed E-state index contributed by atoms with van der Waals surface area (Å²) in [5.74, 6) is 1.08. The highest BCUT2D eigenvalue weighted by molar-refractivity contribution is 6.08. The molecule has 2 saturated heterocycles. The number of benzene rings is 2. The predicted octanol–water partition coefficient (Wildman–Crippen LogP) is 4.70. The average Bonchev–Trinajstić information content (AvgIpc) is 3.42. The molecule has 0 bridgehead atoms. The number of fused-ring (bicyclic) bond motifs is 1. The minimum absolute atomic E-state index is 0.144. The first kappa shape index (κ1) is 23.7. The fourth-order valence-electron chi connectivity index (χ4n) is 5.65. The molecule has 1 aromatic heterocycles. The van der Waals surface area contributed by atoms with Crippen molar-refractivity contribution in [2.75, 3.05) is 50.8 Å². The molecule has 3 aromatic rings. The summed E-state index contributed by atoms with van der Waals surface area (Å²) in [6.07, 6.45) is 3.72. The van der Waals surface area contributed by atoms with Gasteiger partial charge in [0.25, 0.3) is 5.91 Å². The van der Waals surface area contributed by atoms with Crippen molar-refractivity contribution in [3.63, 3.8) is 0 Å². The zero-order chi connectivity index (χ0) is 24.4. The second kappa shape index (κ2) is 10.3. The van der Waals surface area contributed by atoms with Crippen LogP contribution in [0.15, 0.2) is 48.5 Å². The third-order valence-electron chi connectivity index (χ3n) is 7.93. The van der Waals surface area contributed by atoms with Gasteiger partial charge in [0.05, 0.1) is 12.2 Å². The van der Waals surface area contributed by atoms with Gasteiger partial charge in [0, 0.05) is 68.1 Å². The van der Waals surface area contributed by atoms with Gasteiger partial charge in [0.15, 0.2) is 0 Å². The van der Waals surface area contributed by atoms with E-state index in [-0.39, 0.29) is 5.91 Å². The minimum atomic E-state index is 0.144. The fraction of sp³-hybridized carbons (Fsp3) is 0.483. The number of carbonyl (C=O) groups excluding carboxylic acids is 1. The molecule has 6 heteroatoms. The molecule has 2 aliphatic heterocycles. The summed E-state index contributed by atoms with van der Waals surface area (Å²) in [6, 6.07) is 17.3. The Bertz CT molecular complexity index is 1160. The third kappa shape index (κ3) is 4.90. The number of amides is 1. The van der Waals surface area contributed by atoms with E-state index in [2.05, 4.69) is 57.7 Å². The molecule has 3 heterocycles. The van der Waals surface area contributed by atoms with Gasteiger partial charge in [0.1, 0.15) is 5.75 Å². The molecule has 0 radical (unpaired) electrons. The number of hydrogen-bond donors (Lipinski definition) is 0. The average molecular weight is 475 g/mol. The summed E-state index contributed by atoms with van der Waals surface area (Å²) in [7, 11) is 2.04. The standard InChI is InChI=1S/C29H38N4O2/c1-22-8-6-15-31(22)16-7-21-35-25-13-11-24(12-14-25)32-17-19-33(20-18-32)29(34)28-23(2)30(3)27-10-5-4-9-26(27)28/h4-5,9-14,22H,6-8,15-21H2,1-3H3. The van der Waals surface area contributed by atoms with E-state index in [0.717, 1.165) is 79.7 Å². The van der Waals surface area contributed by atoms with Crippen molar-refractivity contribution in [1.82, 2.24) is 14.4 Å². The summed E-state index contributed by atoms with van der Waals surface area (Å²) in [4.78, 5) is 20.4. The number of aromatic nitrogens is 1. The molecule has 6 nitrogen and oxygen atoms in total. The van der Waals surface area contributed by atoms with Crippen molar-refractivity contribution < 1.29 is 9.53 Å². The number of likely N-dealkylation sites (tertiary alicyclic amines) is 1. The first-order valence-corrected chi connectivity index (χ1v) is 13.1. The molecule has 186 valence electrons. The molecule has 1 unspecified atom stereocenters. The van der Waals surface area contributed by atoms with E-state index in [1.54, 1.807) is 0 Å². The summed E-state index contributed by atoms with van der Waals surface area (Å²) < 4.78 is 8.11. The van der Waals surface area contributed by atoms with Crippen LogP contribution in [0, 0.1) is 6.92 Å². The smallest absolute Gasteiger partial charge is 0.256 e. The van der Waals surface area contributed by atoms with Crippen molar-refractivity contribution in [2.45, 2.75) is 39.2 Å². The number of rotatable bonds is 7. The van der Waals surface area contributed by atoms with Gasteiger partial charge in [-0.15, -0.1) is 0 Å². The van der Waals surface area contributed by atoms with E-state index in [9.17, 15) is 4.79 Å². The fourth-order valence-corrected chi connectivity index (χ4v) is 5.65. The van der Waals surface area contributed by atoms with E-state index in [0.29, 0.717) is 0 Å². The highest BCUT2D eigenvalue weighted by Gasteiger charge is 2.26. The lowest BCUT2D eigenvalue weighted by Gasteiger charge is -2.36. The van der Waals surface area contributed by atoms with Crippen molar-refractivity contribution >= 4 is 22.5 Å². The van der Waals surface area contributed by atoms with Crippen LogP contribution in [0.4, 0.5) is 5.69 Å². The van der Waals surface area contributed by atoms with Crippen LogP contribution in [-0.4, -0.2) is 72.2 Å². The van der Waals surface area contributed by atoms with Gasteiger partial charge in [-0.05, 0) is 70.0 Å². The molecule has 1 amide bonds. The van der Waals surface area contributed by atoms with E-state index in [1.165, 1.54) is 25.1 Å². The molecule has 0 spiro atoms. The zero-order valence-corrected chi connectivity index (χ0v) is 21.4. The third-order valence-corrected chi connectivity index (χ3v) is 7.93. The molecule has 0 N–H and O–H groups in total. The zero-order valence-electron chi connectivity index (χ0n) is 21.4. The Morgan fingerprint density at radius 3 is 2.46 bits per heavy atom. The Hall–Kier alpha value is -2.99. The predicted molar refractivity (Wildman–Crippen MR) is 143 cm³/mol. The van der Waals surface area contributed by atoms with Crippen molar-refractivity contribution in [2.24, 2.45) is 7.05 Å². The normalized spacial score (nSPS) is 19.0. The van der Waals surface area contributed by atoms with Crippen molar-refractivity contribution in [3.8, 4) is 5.75 Å².